The van der Waals surface area contributed by atoms with Crippen molar-refractivity contribution in [2.75, 3.05) is 0 Å². The Hall–Kier alpha value is -2.38. The SMILES string of the molecule is C=C1CC(/C=C\C)=C(C)C/1=c1\c(/C=C\C)c(C)c2sc(/C=C\C)c(C)c2c1=C. The van der Waals surface area contributed by atoms with Gasteiger partial charge in [0.15, 0.2) is 0 Å². The Morgan fingerprint density at radius 1 is 0.857 bits per heavy atom. The Morgan fingerprint density at radius 2 is 1.50 bits per heavy atom. The van der Waals surface area contributed by atoms with Gasteiger partial charge in [-0.3, -0.25) is 0 Å². The minimum absolute atomic E-state index is 0.920. The first-order chi connectivity index (χ1) is 13.4. The third-order valence-corrected chi connectivity index (χ3v) is 7.06. The summed E-state index contributed by atoms with van der Waals surface area (Å²) < 4.78 is 1.35. The van der Waals surface area contributed by atoms with Crippen LogP contribution in [0.25, 0.3) is 34.4 Å². The molecule has 0 spiro atoms. The maximum absolute atomic E-state index is 4.60. The molecule has 0 radical (unpaired) electrons. The number of allylic oxidation sites excluding steroid dienone is 7. The van der Waals surface area contributed by atoms with Crippen LogP contribution in [-0.4, -0.2) is 0 Å². The maximum atomic E-state index is 4.60. The third-order valence-electron chi connectivity index (χ3n) is 5.68. The highest BCUT2D eigenvalue weighted by atomic mass is 32.1. The first kappa shape index (κ1) is 20.4. The van der Waals surface area contributed by atoms with Gasteiger partial charge < -0.3 is 0 Å². The summed E-state index contributed by atoms with van der Waals surface area (Å²) in [5, 5.41) is 3.71. The molecule has 1 aliphatic carbocycles. The van der Waals surface area contributed by atoms with Gasteiger partial charge >= 0.3 is 0 Å². The van der Waals surface area contributed by atoms with Crippen LogP contribution in [0.1, 0.15) is 55.7 Å². The van der Waals surface area contributed by atoms with E-state index in [4.69, 9.17) is 0 Å². The molecule has 1 heterocycles. The monoisotopic (exact) mass is 386 g/mol. The van der Waals surface area contributed by atoms with Gasteiger partial charge in [0.1, 0.15) is 0 Å². The standard InChI is InChI=1S/C27H30S/c1-9-12-21-15-16(4)24(17(21)5)26-20(8)25-19(7)23(14-11-3)28-27(25)18(6)22(26)13-10-2/h9-14H,4,8,15H2,1-3,5-7H3/b12-9-,13-10-,14-11-,26-24-. The highest BCUT2D eigenvalue weighted by Crippen LogP contribution is 2.37. The van der Waals surface area contributed by atoms with Crippen molar-refractivity contribution in [1.29, 1.82) is 0 Å². The van der Waals surface area contributed by atoms with Crippen LogP contribution in [0.4, 0.5) is 0 Å². The molecule has 0 N–H and O–H groups in total. The number of hydrogen-bond acceptors (Lipinski definition) is 1. The molecule has 1 aromatic heterocycles. The lowest BCUT2D eigenvalue weighted by molar-refractivity contribution is 1.27. The van der Waals surface area contributed by atoms with E-state index in [1.165, 1.54) is 59.2 Å². The summed E-state index contributed by atoms with van der Waals surface area (Å²) in [7, 11) is 0. The van der Waals surface area contributed by atoms with Crippen molar-refractivity contribution >= 4 is 45.7 Å². The number of rotatable bonds is 3. The first-order valence-corrected chi connectivity index (χ1v) is 10.7. The summed E-state index contributed by atoms with van der Waals surface area (Å²) in [6.45, 7) is 22.0. The average Bonchev–Trinajstić information content (AvgIpc) is 3.12. The molecule has 2 aromatic rings. The molecule has 0 saturated carbocycles. The molecule has 0 unspecified atom stereocenters. The van der Waals surface area contributed by atoms with Gasteiger partial charge in [-0.2, -0.15) is 0 Å². The van der Waals surface area contributed by atoms with E-state index < -0.39 is 0 Å². The van der Waals surface area contributed by atoms with Crippen molar-refractivity contribution < 1.29 is 0 Å². The molecule has 0 bridgehead atoms. The number of fused-ring (bicyclic) bond motifs is 1. The van der Waals surface area contributed by atoms with Crippen LogP contribution >= 0.6 is 11.3 Å². The molecule has 1 aliphatic rings. The summed E-state index contributed by atoms with van der Waals surface area (Å²) >= 11 is 1.88. The Kier molecular flexibility index (Phi) is 5.76. The van der Waals surface area contributed by atoms with E-state index in [-0.39, 0.29) is 0 Å². The van der Waals surface area contributed by atoms with Gasteiger partial charge in [0, 0.05) is 15.0 Å². The van der Waals surface area contributed by atoms with Gasteiger partial charge in [-0.15, -0.1) is 11.3 Å². The zero-order valence-corrected chi connectivity index (χ0v) is 18.8. The maximum Gasteiger partial charge on any atom is 0.0393 e. The van der Waals surface area contributed by atoms with Crippen LogP contribution in [0.5, 0.6) is 0 Å². The van der Waals surface area contributed by atoms with Crippen molar-refractivity contribution in [2.45, 2.75) is 48.0 Å². The number of hydrogen-bond donors (Lipinski definition) is 0. The Labute approximate surface area is 173 Å². The zero-order valence-electron chi connectivity index (χ0n) is 18.0. The molecule has 1 aromatic carbocycles. The number of benzene rings is 1. The second kappa shape index (κ2) is 7.93. The van der Waals surface area contributed by atoms with Crippen molar-refractivity contribution in [2.24, 2.45) is 0 Å². The van der Waals surface area contributed by atoms with Crippen LogP contribution in [0.15, 0.2) is 47.6 Å². The van der Waals surface area contributed by atoms with Gasteiger partial charge in [-0.1, -0.05) is 43.5 Å². The first-order valence-electron chi connectivity index (χ1n) is 9.92. The molecular formula is C27H30S. The van der Waals surface area contributed by atoms with E-state index in [0.29, 0.717) is 0 Å². The smallest absolute Gasteiger partial charge is 0.0393 e. The fourth-order valence-corrected chi connectivity index (χ4v) is 5.67. The fourth-order valence-electron chi connectivity index (χ4n) is 4.35. The predicted octanol–water partition coefficient (Wildman–Crippen LogP) is 7.00. The molecular weight excluding hydrogens is 356 g/mol. The highest BCUT2D eigenvalue weighted by molar-refractivity contribution is 7.20. The van der Waals surface area contributed by atoms with Crippen LogP contribution in [0, 0.1) is 13.8 Å². The second-order valence-electron chi connectivity index (χ2n) is 7.49. The molecule has 0 fully saturated rings. The summed E-state index contributed by atoms with van der Waals surface area (Å²) in [6.07, 6.45) is 14.0. The van der Waals surface area contributed by atoms with Crippen molar-refractivity contribution in [3.05, 3.63) is 79.6 Å². The lowest BCUT2D eigenvalue weighted by Gasteiger charge is -2.11. The molecule has 0 atom stereocenters. The van der Waals surface area contributed by atoms with Crippen LogP contribution < -0.4 is 10.4 Å². The third kappa shape index (κ3) is 3.08. The molecule has 1 heteroatoms. The van der Waals surface area contributed by atoms with Gasteiger partial charge in [-0.05, 0) is 103 Å². The summed E-state index contributed by atoms with van der Waals surface area (Å²) in [6, 6.07) is 0. The quantitative estimate of drug-likeness (QED) is 0.533. The van der Waals surface area contributed by atoms with E-state index in [9.17, 15) is 0 Å². The normalized spacial score (nSPS) is 17.6. The number of aryl methyl sites for hydroxylation is 2. The predicted molar refractivity (Wildman–Crippen MR) is 130 cm³/mol. The molecule has 28 heavy (non-hydrogen) atoms. The van der Waals surface area contributed by atoms with Crippen molar-refractivity contribution in [3.8, 4) is 0 Å². The Morgan fingerprint density at radius 3 is 2.11 bits per heavy atom. The summed E-state index contributed by atoms with van der Waals surface area (Å²) in [5.41, 5.74) is 9.13. The lowest BCUT2D eigenvalue weighted by Crippen LogP contribution is -2.31. The van der Waals surface area contributed by atoms with Gasteiger partial charge in [0.2, 0.25) is 0 Å². The van der Waals surface area contributed by atoms with Crippen LogP contribution in [0.3, 0.4) is 0 Å². The van der Waals surface area contributed by atoms with E-state index in [0.717, 1.165) is 11.6 Å². The highest BCUT2D eigenvalue weighted by Gasteiger charge is 2.22. The average molecular weight is 387 g/mol. The zero-order chi connectivity index (χ0) is 20.6. The van der Waals surface area contributed by atoms with Gasteiger partial charge in [0.25, 0.3) is 0 Å². The molecule has 144 valence electrons. The van der Waals surface area contributed by atoms with E-state index in [1.807, 2.05) is 11.3 Å². The minimum Gasteiger partial charge on any atom is -0.135 e. The topological polar surface area (TPSA) is 0 Å². The van der Waals surface area contributed by atoms with Crippen molar-refractivity contribution in [1.82, 2.24) is 0 Å². The minimum atomic E-state index is 0.920. The fraction of sp³-hybridized carbons (Fsp3) is 0.259. The number of thiophene rings is 1. The van der Waals surface area contributed by atoms with Gasteiger partial charge in [0.05, 0.1) is 0 Å². The van der Waals surface area contributed by atoms with Crippen LogP contribution in [0.2, 0.25) is 0 Å². The van der Waals surface area contributed by atoms with E-state index in [1.54, 1.807) is 0 Å². The van der Waals surface area contributed by atoms with Crippen LogP contribution in [-0.2, 0) is 0 Å². The largest absolute Gasteiger partial charge is 0.135 e. The summed E-state index contributed by atoms with van der Waals surface area (Å²) in [4.78, 5) is 1.33. The molecule has 0 nitrogen and oxygen atoms in total. The second-order valence-corrected chi connectivity index (χ2v) is 8.55. The molecule has 0 saturated heterocycles. The molecule has 0 aliphatic heterocycles. The van der Waals surface area contributed by atoms with Crippen molar-refractivity contribution in [3.63, 3.8) is 0 Å². The summed E-state index contributed by atoms with van der Waals surface area (Å²) in [5.74, 6) is 0. The Bertz CT molecular complexity index is 1200. The molecule has 3 rings (SSSR count). The molecule has 0 amide bonds. The van der Waals surface area contributed by atoms with Gasteiger partial charge in [-0.25, -0.2) is 0 Å². The van der Waals surface area contributed by atoms with E-state index in [2.05, 4.69) is 91.2 Å². The Balaban J connectivity index is 2.63. The lowest BCUT2D eigenvalue weighted by atomic mass is 9.92. The van der Waals surface area contributed by atoms with E-state index >= 15 is 0 Å².